The number of ether oxygens (including phenoxy) is 2. The third kappa shape index (κ3) is 6.67. The second-order valence-electron chi connectivity index (χ2n) is 8.47. The maximum absolute atomic E-state index is 13.1. The summed E-state index contributed by atoms with van der Waals surface area (Å²) in [5.41, 5.74) is 6.55. The quantitative estimate of drug-likeness (QED) is 0.363. The molecule has 0 spiro atoms. The number of hydrogen-bond donors (Lipinski definition) is 1. The van der Waals surface area contributed by atoms with Gasteiger partial charge in [0.1, 0.15) is 25.0 Å². The lowest BCUT2D eigenvalue weighted by Crippen LogP contribution is -2.32. The topological polar surface area (TPSA) is 84.5 Å². The van der Waals surface area contributed by atoms with Crippen molar-refractivity contribution in [3.05, 3.63) is 83.2 Å². The number of nitrogens with one attached hydrogen (secondary N) is 1. The summed E-state index contributed by atoms with van der Waals surface area (Å²) in [7, 11) is 1.68. The molecule has 0 unspecified atom stereocenters. The molecule has 38 heavy (non-hydrogen) atoms. The van der Waals surface area contributed by atoms with Gasteiger partial charge in [-0.15, -0.1) is 6.42 Å². The van der Waals surface area contributed by atoms with E-state index in [-0.39, 0.29) is 7.33 Å². The predicted molar refractivity (Wildman–Crippen MR) is 152 cm³/mol. The lowest BCUT2D eigenvalue weighted by Gasteiger charge is -2.20. The highest BCUT2D eigenvalue weighted by molar-refractivity contribution is 5.94. The first-order chi connectivity index (χ1) is 18.6. The Morgan fingerprint density at radius 1 is 1.13 bits per heavy atom. The fourth-order valence-corrected chi connectivity index (χ4v) is 4.05. The minimum absolute atomic E-state index is 0. The normalized spacial score (nSPS) is 12.0. The van der Waals surface area contributed by atoms with Crippen LogP contribution in [0.4, 0.5) is 0 Å². The van der Waals surface area contributed by atoms with Crippen LogP contribution < -0.4 is 4.74 Å². The van der Waals surface area contributed by atoms with Crippen molar-refractivity contribution in [1.29, 1.82) is 0 Å². The van der Waals surface area contributed by atoms with Crippen LogP contribution in [0.1, 0.15) is 42.6 Å². The van der Waals surface area contributed by atoms with Gasteiger partial charge in [0.2, 0.25) is 0 Å². The van der Waals surface area contributed by atoms with E-state index in [9.17, 15) is 4.79 Å². The summed E-state index contributed by atoms with van der Waals surface area (Å²) in [4.78, 5) is 30.9. The molecule has 1 N–H and O–H groups in total. The number of methoxy groups -OCH3 is 1. The summed E-state index contributed by atoms with van der Waals surface area (Å²) < 4.78 is 10.5. The van der Waals surface area contributed by atoms with Crippen LogP contribution in [-0.2, 0) is 22.5 Å². The Balaban J connectivity index is 0.000000701. The van der Waals surface area contributed by atoms with Crippen LogP contribution in [-0.4, -0.2) is 54.4 Å². The molecule has 0 saturated carbocycles. The van der Waals surface area contributed by atoms with Crippen molar-refractivity contribution in [2.24, 2.45) is 0 Å². The van der Waals surface area contributed by atoms with Gasteiger partial charge in [0, 0.05) is 44.8 Å². The van der Waals surface area contributed by atoms with E-state index >= 15 is 0 Å². The van der Waals surface area contributed by atoms with Crippen molar-refractivity contribution < 1.29 is 20.5 Å². The molecule has 0 radical (unpaired) electrons. The molecule has 3 aromatic carbocycles. The molecule has 7 nitrogen and oxygen atoms in total. The minimum atomic E-state index is -0.0265. The van der Waals surface area contributed by atoms with E-state index in [1.54, 1.807) is 31.4 Å². The van der Waals surface area contributed by atoms with Gasteiger partial charge in [-0.2, -0.15) is 0 Å². The number of H-pyrrole nitrogens is 1. The van der Waals surface area contributed by atoms with Gasteiger partial charge < -0.3 is 24.2 Å². The summed E-state index contributed by atoms with van der Waals surface area (Å²) in [6.07, 6.45) is 6.30. The number of rotatable bonds is 4. The van der Waals surface area contributed by atoms with Crippen molar-refractivity contribution in [1.82, 2.24) is 14.9 Å². The Bertz CT molecular complexity index is 1410. The van der Waals surface area contributed by atoms with Crippen LogP contribution in [0.25, 0.3) is 22.2 Å². The number of hydrogen-bond acceptors (Lipinski definition) is 5. The summed E-state index contributed by atoms with van der Waals surface area (Å²) in [5, 5.41) is 0. The number of terminal acetylenes is 1. The molecular weight excluding hydrogens is 478 g/mol. The van der Waals surface area contributed by atoms with Gasteiger partial charge in [-0.05, 0) is 66.6 Å². The lowest BCUT2D eigenvalue weighted by molar-refractivity contribution is -0.0980. The molecule has 0 atom stereocenters. The number of amides is 1. The standard InChI is InChI=1S/C27H23N3O2.C3H8O.CH2O.H2/c1-3-18-5-7-19(8-6-18)27(31)30-13-14-32-25-12-10-20(15-22(25)17-30)21-9-11-23-24(16-21)29-26(4-2)28-23;1-3-4-2;1-2;/h1,5-12,15-16H,4,13-14,17H2,2H3,(H,28,29);3H2,1-2H3;1H2;1H. The van der Waals surface area contributed by atoms with E-state index in [0.717, 1.165) is 57.9 Å². The highest BCUT2D eigenvalue weighted by atomic mass is 16.5. The van der Waals surface area contributed by atoms with Crippen molar-refractivity contribution in [3.63, 3.8) is 0 Å². The van der Waals surface area contributed by atoms with Crippen LogP contribution in [0.5, 0.6) is 5.75 Å². The highest BCUT2D eigenvalue weighted by Crippen LogP contribution is 2.31. The molecular formula is C31H35N3O4. The zero-order chi connectivity index (χ0) is 27.5. The molecule has 1 aliphatic rings. The molecule has 7 heteroatoms. The molecule has 1 aliphatic heterocycles. The zero-order valence-electron chi connectivity index (χ0n) is 22.1. The Hall–Kier alpha value is -4.41. The Morgan fingerprint density at radius 2 is 1.82 bits per heavy atom. The van der Waals surface area contributed by atoms with Gasteiger partial charge in [0.25, 0.3) is 5.91 Å². The van der Waals surface area contributed by atoms with Gasteiger partial charge in [-0.1, -0.05) is 25.0 Å². The molecule has 5 rings (SSSR count). The molecule has 1 amide bonds. The van der Waals surface area contributed by atoms with E-state index in [1.165, 1.54) is 0 Å². The number of aromatic amines is 1. The van der Waals surface area contributed by atoms with E-state index in [2.05, 4.69) is 51.8 Å². The average Bonchev–Trinajstić information content (AvgIpc) is 3.28. The maximum Gasteiger partial charge on any atom is 0.254 e. The number of fused-ring (bicyclic) bond motifs is 2. The molecule has 1 aromatic heterocycles. The second-order valence-corrected chi connectivity index (χ2v) is 8.47. The number of nitrogens with zero attached hydrogens (tertiary/aromatic N) is 2. The molecule has 0 saturated heterocycles. The lowest BCUT2D eigenvalue weighted by atomic mass is 10.0. The monoisotopic (exact) mass is 513 g/mol. The van der Waals surface area contributed by atoms with E-state index in [1.807, 2.05) is 30.7 Å². The fraction of sp³-hybridized carbons (Fsp3) is 0.258. The third-order valence-corrected chi connectivity index (χ3v) is 6.11. The minimum Gasteiger partial charge on any atom is -0.491 e. The van der Waals surface area contributed by atoms with Crippen LogP contribution in [0.2, 0.25) is 0 Å². The van der Waals surface area contributed by atoms with Crippen molar-refractivity contribution in [2.75, 3.05) is 26.9 Å². The average molecular weight is 514 g/mol. The summed E-state index contributed by atoms with van der Waals surface area (Å²) in [6.45, 7) is 8.34. The smallest absolute Gasteiger partial charge is 0.254 e. The largest absolute Gasteiger partial charge is 0.491 e. The number of aromatic nitrogens is 2. The predicted octanol–water partition coefficient (Wildman–Crippen LogP) is 5.52. The Morgan fingerprint density at radius 3 is 2.47 bits per heavy atom. The van der Waals surface area contributed by atoms with Crippen molar-refractivity contribution in [3.8, 4) is 29.2 Å². The molecule has 0 aliphatic carbocycles. The Labute approximate surface area is 225 Å². The van der Waals surface area contributed by atoms with E-state index in [4.69, 9.17) is 16.0 Å². The van der Waals surface area contributed by atoms with Gasteiger partial charge in [0.15, 0.2) is 0 Å². The number of imidazole rings is 1. The first-order valence-electron chi connectivity index (χ1n) is 12.4. The highest BCUT2D eigenvalue weighted by Gasteiger charge is 2.21. The van der Waals surface area contributed by atoms with Gasteiger partial charge in [-0.3, -0.25) is 4.79 Å². The first-order valence-corrected chi connectivity index (χ1v) is 12.4. The van der Waals surface area contributed by atoms with Crippen molar-refractivity contribution in [2.45, 2.75) is 26.8 Å². The summed E-state index contributed by atoms with van der Waals surface area (Å²) >= 11 is 0. The fourth-order valence-electron chi connectivity index (χ4n) is 4.05. The zero-order valence-corrected chi connectivity index (χ0v) is 22.1. The van der Waals surface area contributed by atoms with Crippen LogP contribution in [0.3, 0.4) is 0 Å². The SMILES string of the molecule is C#Cc1ccc(C(=O)N2CCOc3ccc(-c4ccc5nc(CC)[nH]c5c4)cc3C2)cc1.C=O.CCOC.[HH]. The molecule has 4 aromatic rings. The van der Waals surface area contributed by atoms with E-state index in [0.29, 0.717) is 25.3 Å². The summed E-state index contributed by atoms with van der Waals surface area (Å²) in [5.74, 6) is 4.36. The van der Waals surface area contributed by atoms with Gasteiger partial charge >= 0.3 is 0 Å². The molecule has 2 heterocycles. The number of carbonyl (C=O) groups is 2. The first kappa shape index (κ1) is 28.2. The van der Waals surface area contributed by atoms with Crippen LogP contribution in [0, 0.1) is 12.3 Å². The molecule has 198 valence electrons. The van der Waals surface area contributed by atoms with E-state index < -0.39 is 0 Å². The number of aryl methyl sites for hydroxylation is 1. The van der Waals surface area contributed by atoms with Crippen molar-refractivity contribution >= 4 is 23.7 Å². The molecule has 0 fully saturated rings. The number of benzene rings is 3. The second kappa shape index (κ2) is 13.8. The van der Waals surface area contributed by atoms with Gasteiger partial charge in [0.05, 0.1) is 17.6 Å². The van der Waals surface area contributed by atoms with Crippen LogP contribution >= 0.6 is 0 Å². The number of carbonyl (C=O) groups excluding carboxylic acids is 2. The molecule has 0 bridgehead atoms. The third-order valence-electron chi connectivity index (χ3n) is 6.11. The Kier molecular flexibility index (Phi) is 10.2. The maximum atomic E-state index is 13.1. The van der Waals surface area contributed by atoms with Gasteiger partial charge in [-0.25, -0.2) is 4.98 Å². The van der Waals surface area contributed by atoms with Crippen LogP contribution in [0.15, 0.2) is 60.7 Å². The summed E-state index contributed by atoms with van der Waals surface area (Å²) in [6, 6.07) is 19.6.